The van der Waals surface area contributed by atoms with E-state index in [0.717, 1.165) is 12.7 Å². The first-order valence-electron chi connectivity index (χ1n) is 6.45. The molecule has 0 unspecified atom stereocenters. The summed E-state index contributed by atoms with van der Waals surface area (Å²) in [6.07, 6.45) is 0. The van der Waals surface area contributed by atoms with Crippen molar-refractivity contribution >= 4 is 22.5 Å². The van der Waals surface area contributed by atoms with Crippen molar-refractivity contribution in [3.8, 4) is 0 Å². The van der Waals surface area contributed by atoms with Crippen LogP contribution in [-0.4, -0.2) is 32.0 Å². The first kappa shape index (κ1) is 21.1. The van der Waals surface area contributed by atoms with E-state index in [2.05, 4.69) is 15.7 Å². The minimum absolute atomic E-state index is 0.137. The van der Waals surface area contributed by atoms with Crippen molar-refractivity contribution in [2.45, 2.75) is 11.8 Å². The van der Waals surface area contributed by atoms with Crippen LogP contribution < -0.4 is 0 Å². The van der Waals surface area contributed by atoms with Crippen LogP contribution in [0.15, 0.2) is 59.5 Å². The summed E-state index contributed by atoms with van der Waals surface area (Å²) in [6, 6.07) is 14.4. The van der Waals surface area contributed by atoms with Crippen LogP contribution in [0.4, 0.5) is 5.69 Å². The highest BCUT2D eigenvalue weighted by Gasteiger charge is 2.11. The Balaban J connectivity index is 0.000000390. The maximum Gasteiger partial charge on any atom is 0.296 e. The van der Waals surface area contributed by atoms with Gasteiger partial charge in [0.25, 0.3) is 15.8 Å². The van der Waals surface area contributed by atoms with Gasteiger partial charge in [0.05, 0.1) is 16.9 Å². The van der Waals surface area contributed by atoms with E-state index in [1.807, 2.05) is 6.92 Å². The van der Waals surface area contributed by atoms with Crippen LogP contribution in [0.2, 0.25) is 0 Å². The van der Waals surface area contributed by atoms with Gasteiger partial charge in [-0.3, -0.25) is 14.3 Å². The Morgan fingerprint density at radius 1 is 1.12 bits per heavy atom. The van der Waals surface area contributed by atoms with Crippen molar-refractivity contribution in [3.63, 3.8) is 0 Å². The molecule has 0 aliphatic rings. The summed E-state index contributed by atoms with van der Waals surface area (Å²) in [4.78, 5) is 12.0. The molecule has 128 valence electrons. The fourth-order valence-electron chi connectivity index (χ4n) is 1.35. The normalized spacial score (nSPS) is 9.42. The summed E-state index contributed by atoms with van der Waals surface area (Å²) < 4.78 is 26.5. The van der Waals surface area contributed by atoms with Crippen LogP contribution in [0.25, 0.3) is 5.53 Å². The minimum atomic E-state index is -3.51. The van der Waals surface area contributed by atoms with Gasteiger partial charge in [0.2, 0.25) is 6.72 Å². The van der Waals surface area contributed by atoms with Gasteiger partial charge in [-0.25, -0.2) is 0 Å². The van der Waals surface area contributed by atoms with Gasteiger partial charge in [-0.15, -0.1) is 0 Å². The van der Waals surface area contributed by atoms with Crippen molar-refractivity contribution < 1.29 is 22.3 Å². The Hall–Kier alpha value is -2.87. The third-order valence-corrected chi connectivity index (χ3v) is 3.78. The van der Waals surface area contributed by atoms with Crippen molar-refractivity contribution in [3.05, 3.63) is 75.8 Å². The average Bonchev–Trinajstić information content (AvgIpc) is 2.57. The third kappa shape index (κ3) is 7.95. The average molecular weight is 351 g/mol. The summed E-state index contributed by atoms with van der Waals surface area (Å²) in [5, 5.41) is 10.0. The number of hydrogen-bond donors (Lipinski definition) is 0. The van der Waals surface area contributed by atoms with Crippen molar-refractivity contribution in [1.82, 2.24) is 0 Å². The summed E-state index contributed by atoms with van der Waals surface area (Å²) in [7, 11) is -2.37. The number of benzene rings is 2. The van der Waals surface area contributed by atoms with Crippen molar-refractivity contribution in [1.29, 1.82) is 0 Å². The molecule has 0 aromatic heterocycles. The first-order valence-corrected chi connectivity index (χ1v) is 7.86. The highest BCUT2D eigenvalue weighted by molar-refractivity contribution is 7.86. The summed E-state index contributed by atoms with van der Waals surface area (Å²) in [5.41, 5.74) is 8.24. The van der Waals surface area contributed by atoms with Gasteiger partial charge in [-0.1, -0.05) is 35.9 Å². The van der Waals surface area contributed by atoms with E-state index < -0.39 is 15.0 Å². The molecule has 0 bridgehead atoms. The second-order valence-corrected chi connectivity index (χ2v) is 5.88. The Morgan fingerprint density at radius 3 is 1.92 bits per heavy atom. The molecule has 0 amide bonds. The molecule has 2 rings (SSSR count). The van der Waals surface area contributed by atoms with E-state index in [1.165, 1.54) is 24.3 Å². The van der Waals surface area contributed by atoms with Gasteiger partial charge in [0.15, 0.2) is 0 Å². The van der Waals surface area contributed by atoms with E-state index in [4.69, 9.17) is 5.53 Å². The predicted octanol–water partition coefficient (Wildman–Crippen LogP) is 2.84. The number of rotatable bonds is 3. The highest BCUT2D eigenvalue weighted by atomic mass is 32.2. The SMILES string of the molecule is C=[N+]=[N-].COS(=O)(=O)c1ccc(C)cc1.O=[N+]([O-])c1ccccc1. The van der Waals surface area contributed by atoms with Crippen LogP contribution in [0, 0.1) is 17.0 Å². The molecule has 2 aromatic rings. The predicted molar refractivity (Wildman–Crippen MR) is 89.2 cm³/mol. The summed E-state index contributed by atoms with van der Waals surface area (Å²) in [6.45, 7) is 4.56. The smallest absolute Gasteiger partial charge is 0.296 e. The summed E-state index contributed by atoms with van der Waals surface area (Å²) in [5.74, 6) is 0. The molecular formula is C15H17N3O5S. The Morgan fingerprint density at radius 2 is 1.58 bits per heavy atom. The van der Waals surface area contributed by atoms with E-state index >= 15 is 0 Å². The Kier molecular flexibility index (Phi) is 9.50. The maximum atomic E-state index is 11.1. The molecule has 0 heterocycles. The van der Waals surface area contributed by atoms with E-state index in [1.54, 1.807) is 30.3 Å². The lowest BCUT2D eigenvalue weighted by Crippen LogP contribution is -2.02. The number of nitro groups is 1. The molecule has 0 saturated heterocycles. The Bertz CT molecular complexity index is 769. The summed E-state index contributed by atoms with van der Waals surface area (Å²) >= 11 is 0. The van der Waals surface area contributed by atoms with Crippen LogP contribution in [0.1, 0.15) is 5.56 Å². The lowest BCUT2D eigenvalue weighted by Gasteiger charge is -2.00. The zero-order valence-electron chi connectivity index (χ0n) is 13.2. The quantitative estimate of drug-likeness (QED) is 0.210. The fraction of sp³-hybridized carbons (Fsp3) is 0.133. The van der Waals surface area contributed by atoms with Crippen molar-refractivity contribution in [2.24, 2.45) is 0 Å². The zero-order chi connectivity index (χ0) is 18.6. The lowest BCUT2D eigenvalue weighted by molar-refractivity contribution is -0.384. The van der Waals surface area contributed by atoms with Crippen LogP contribution in [0.5, 0.6) is 0 Å². The van der Waals surface area contributed by atoms with Gasteiger partial charge < -0.3 is 5.53 Å². The lowest BCUT2D eigenvalue weighted by atomic mass is 10.2. The first-order chi connectivity index (χ1) is 11.3. The largest absolute Gasteiger partial charge is 0.362 e. The molecule has 0 atom stereocenters. The highest BCUT2D eigenvalue weighted by Crippen LogP contribution is 2.11. The molecular weight excluding hydrogens is 334 g/mol. The van der Waals surface area contributed by atoms with E-state index in [0.29, 0.717) is 0 Å². The molecule has 9 heteroatoms. The maximum absolute atomic E-state index is 11.1. The number of nitrogens with zero attached hydrogens (tertiary/aromatic N) is 3. The number of nitro benzene ring substituents is 1. The standard InChI is InChI=1S/C8H10O3S.C6H5NO2.CH2N2/c1-7-3-5-8(6-4-7)12(9,10)11-2;8-7(9)6-4-2-1-3-5-6;1-3-2/h3-6H,1-2H3;1-5H;1H2. The number of non-ortho nitro benzene ring substituents is 1. The molecule has 2 aromatic carbocycles. The molecule has 0 aliphatic carbocycles. The van der Waals surface area contributed by atoms with Crippen LogP contribution >= 0.6 is 0 Å². The second-order valence-electron chi connectivity index (χ2n) is 4.17. The van der Waals surface area contributed by atoms with Crippen LogP contribution in [-0.2, 0) is 14.3 Å². The van der Waals surface area contributed by atoms with Crippen LogP contribution in [0.3, 0.4) is 0 Å². The number of para-hydroxylation sites is 1. The Labute approximate surface area is 140 Å². The number of aryl methyl sites for hydroxylation is 1. The third-order valence-electron chi connectivity index (χ3n) is 2.50. The minimum Gasteiger partial charge on any atom is -0.362 e. The fourth-order valence-corrected chi connectivity index (χ4v) is 2.01. The van der Waals surface area contributed by atoms with Gasteiger partial charge in [0, 0.05) is 12.1 Å². The van der Waals surface area contributed by atoms with Crippen molar-refractivity contribution in [2.75, 3.05) is 7.11 Å². The van der Waals surface area contributed by atoms with Gasteiger partial charge in [-0.2, -0.15) is 13.2 Å². The molecule has 0 saturated carbocycles. The molecule has 0 fully saturated rings. The molecule has 0 radical (unpaired) electrons. The van der Waals surface area contributed by atoms with Gasteiger partial charge in [0.1, 0.15) is 0 Å². The molecule has 0 aliphatic heterocycles. The van der Waals surface area contributed by atoms with Gasteiger partial charge in [-0.05, 0) is 19.1 Å². The molecule has 0 spiro atoms. The van der Waals surface area contributed by atoms with E-state index in [9.17, 15) is 18.5 Å². The monoisotopic (exact) mass is 351 g/mol. The topological polar surface area (TPSA) is 123 Å². The van der Waals surface area contributed by atoms with E-state index in [-0.39, 0.29) is 10.6 Å². The van der Waals surface area contributed by atoms with Gasteiger partial charge >= 0.3 is 0 Å². The second kappa shape index (κ2) is 10.8. The molecule has 8 nitrogen and oxygen atoms in total. The number of hydrogen-bond acceptors (Lipinski definition) is 5. The molecule has 0 N–H and O–H groups in total. The molecule has 24 heavy (non-hydrogen) atoms. The zero-order valence-corrected chi connectivity index (χ0v) is 14.0.